The molecule has 0 aliphatic carbocycles. The number of hydrogen-bond donors (Lipinski definition) is 0. The molecular weight excluding hydrogens is 285 g/mol. The number of ether oxygens (including phenoxy) is 1. The fourth-order valence-corrected chi connectivity index (χ4v) is 1.29. The van der Waals surface area contributed by atoms with E-state index >= 15 is 0 Å². The van der Waals surface area contributed by atoms with Crippen molar-refractivity contribution >= 4 is 40.2 Å². The highest BCUT2D eigenvalue weighted by Crippen LogP contribution is 2.13. The lowest BCUT2D eigenvalue weighted by Gasteiger charge is -1.91. The molecule has 7 heteroatoms. The Morgan fingerprint density at radius 2 is 2.33 bits per heavy atom. The van der Waals surface area contributed by atoms with Crippen LogP contribution in [0.1, 0.15) is 10.5 Å². The van der Waals surface area contributed by atoms with Crippen LogP contribution in [0.3, 0.4) is 0 Å². The number of aromatic nitrogens is 3. The van der Waals surface area contributed by atoms with E-state index in [1.807, 2.05) is 0 Å². The quantitative estimate of drug-likeness (QED) is 0.751. The number of imidazole rings is 1. The molecule has 0 aliphatic rings. The van der Waals surface area contributed by atoms with Crippen molar-refractivity contribution in [1.82, 2.24) is 14.4 Å². The van der Waals surface area contributed by atoms with Crippen molar-refractivity contribution in [2.24, 2.45) is 0 Å². The Kier molecular flexibility index (Phi) is 3.65. The van der Waals surface area contributed by atoms with Gasteiger partial charge in [-0.05, 0) is 0 Å². The molecule has 2 rings (SSSR count). The molecule has 0 saturated carbocycles. The summed E-state index contributed by atoms with van der Waals surface area (Å²) >= 11 is 5.77. The summed E-state index contributed by atoms with van der Waals surface area (Å²) < 4.78 is 6.14. The van der Waals surface area contributed by atoms with Crippen molar-refractivity contribution in [3.63, 3.8) is 0 Å². The second-order valence-electron chi connectivity index (χ2n) is 2.57. The van der Waals surface area contributed by atoms with Crippen molar-refractivity contribution in [2.45, 2.75) is 0 Å². The van der Waals surface area contributed by atoms with Gasteiger partial charge in [0.15, 0.2) is 16.5 Å². The van der Waals surface area contributed by atoms with Gasteiger partial charge in [-0.3, -0.25) is 0 Å². The molecule has 0 aliphatic heterocycles. The van der Waals surface area contributed by atoms with Crippen LogP contribution in [0, 0.1) is 0 Å². The molecule has 0 unspecified atom stereocenters. The number of fused-ring (bicyclic) bond motifs is 1. The summed E-state index contributed by atoms with van der Waals surface area (Å²) in [4.78, 5) is 18.9. The zero-order valence-electron chi connectivity index (χ0n) is 7.68. The van der Waals surface area contributed by atoms with E-state index in [2.05, 4.69) is 14.7 Å². The Hall–Kier alpha value is -1.14. The topological polar surface area (TPSA) is 56.5 Å². The molecule has 2 heterocycles. The van der Waals surface area contributed by atoms with Crippen LogP contribution in [0.25, 0.3) is 5.65 Å². The predicted molar refractivity (Wildman–Crippen MR) is 59.7 cm³/mol. The summed E-state index contributed by atoms with van der Waals surface area (Å²) in [6.45, 7) is 0. The zero-order valence-corrected chi connectivity index (χ0v) is 10.1. The van der Waals surface area contributed by atoms with Gasteiger partial charge < -0.3 is 9.14 Å². The Labute approximate surface area is 101 Å². The highest BCUT2D eigenvalue weighted by atomic mass is 79.9. The first kappa shape index (κ1) is 11.9. The Morgan fingerprint density at radius 1 is 1.60 bits per heavy atom. The summed E-state index contributed by atoms with van der Waals surface area (Å²) in [5.41, 5.74) is 0.650. The highest BCUT2D eigenvalue weighted by molar-refractivity contribution is 8.93. The molecule has 0 aromatic carbocycles. The fourth-order valence-electron chi connectivity index (χ4n) is 1.09. The Bertz CT molecular complexity index is 500. The third kappa shape index (κ3) is 2.10. The monoisotopic (exact) mass is 291 g/mol. The molecule has 0 bridgehead atoms. The SMILES string of the molecule is Br.COC(=O)c1cn2ccnc(Cl)c2n1. The molecule has 80 valence electrons. The van der Waals surface area contributed by atoms with E-state index in [0.717, 1.165) is 0 Å². The highest BCUT2D eigenvalue weighted by Gasteiger charge is 2.12. The van der Waals surface area contributed by atoms with Gasteiger partial charge >= 0.3 is 5.97 Å². The van der Waals surface area contributed by atoms with Crippen LogP contribution in [0.4, 0.5) is 0 Å². The standard InChI is InChI=1S/C8H6ClN3O2.BrH/c1-14-8(13)5-4-12-3-2-10-6(9)7(12)11-5;/h2-4H,1H3;1H. The third-order valence-corrected chi connectivity index (χ3v) is 1.99. The van der Waals surface area contributed by atoms with Crippen molar-refractivity contribution in [3.8, 4) is 0 Å². The summed E-state index contributed by atoms with van der Waals surface area (Å²) in [7, 11) is 1.30. The fraction of sp³-hybridized carbons (Fsp3) is 0.125. The van der Waals surface area contributed by atoms with E-state index < -0.39 is 5.97 Å². The lowest BCUT2D eigenvalue weighted by molar-refractivity contribution is 0.0595. The molecule has 0 radical (unpaired) electrons. The number of carbonyl (C=O) groups excluding carboxylic acids is 1. The first-order valence-electron chi connectivity index (χ1n) is 3.80. The van der Waals surface area contributed by atoms with E-state index in [9.17, 15) is 4.79 Å². The maximum Gasteiger partial charge on any atom is 0.358 e. The predicted octanol–water partition coefficient (Wildman–Crippen LogP) is 1.75. The van der Waals surface area contributed by atoms with E-state index in [-0.39, 0.29) is 27.8 Å². The van der Waals surface area contributed by atoms with Gasteiger partial charge in [0.25, 0.3) is 0 Å². The van der Waals surface area contributed by atoms with Gasteiger partial charge in [-0.25, -0.2) is 14.8 Å². The van der Waals surface area contributed by atoms with Crippen molar-refractivity contribution in [2.75, 3.05) is 7.11 Å². The van der Waals surface area contributed by atoms with Crippen LogP contribution < -0.4 is 0 Å². The molecular formula is C8H7BrClN3O2. The average Bonchev–Trinajstić information content (AvgIpc) is 2.62. The van der Waals surface area contributed by atoms with Gasteiger partial charge in [-0.2, -0.15) is 0 Å². The van der Waals surface area contributed by atoms with Gasteiger partial charge in [0.2, 0.25) is 0 Å². The van der Waals surface area contributed by atoms with Crippen LogP contribution >= 0.6 is 28.6 Å². The molecule has 5 nitrogen and oxygen atoms in total. The molecule has 15 heavy (non-hydrogen) atoms. The van der Waals surface area contributed by atoms with Crippen molar-refractivity contribution in [3.05, 3.63) is 29.4 Å². The van der Waals surface area contributed by atoms with E-state index in [4.69, 9.17) is 11.6 Å². The van der Waals surface area contributed by atoms with Crippen LogP contribution in [0.15, 0.2) is 18.6 Å². The number of halogens is 2. The number of methoxy groups -OCH3 is 1. The summed E-state index contributed by atoms with van der Waals surface area (Å²) in [6.07, 6.45) is 4.72. The smallest absolute Gasteiger partial charge is 0.358 e. The first-order valence-corrected chi connectivity index (χ1v) is 4.17. The average molecular weight is 293 g/mol. The van der Waals surface area contributed by atoms with Gasteiger partial charge in [0.1, 0.15) is 0 Å². The van der Waals surface area contributed by atoms with Crippen LogP contribution in [-0.4, -0.2) is 27.4 Å². The number of nitrogens with zero attached hydrogens (tertiary/aromatic N) is 3. The minimum absolute atomic E-state index is 0. The van der Waals surface area contributed by atoms with Crippen molar-refractivity contribution in [1.29, 1.82) is 0 Å². The summed E-state index contributed by atoms with van der Waals surface area (Å²) in [5.74, 6) is -0.496. The number of rotatable bonds is 1. The van der Waals surface area contributed by atoms with Crippen LogP contribution in [0.5, 0.6) is 0 Å². The first-order chi connectivity index (χ1) is 6.72. The van der Waals surface area contributed by atoms with Gasteiger partial charge in [-0.1, -0.05) is 11.6 Å². The van der Waals surface area contributed by atoms with Crippen molar-refractivity contribution < 1.29 is 9.53 Å². The molecule has 2 aromatic heterocycles. The molecule has 2 aromatic rings. The summed E-state index contributed by atoms with van der Waals surface area (Å²) in [6, 6.07) is 0. The van der Waals surface area contributed by atoms with E-state index in [1.54, 1.807) is 10.6 Å². The Balaban J connectivity index is 0.00000112. The Morgan fingerprint density at radius 3 is 2.93 bits per heavy atom. The maximum atomic E-state index is 11.1. The van der Waals surface area contributed by atoms with Crippen LogP contribution in [0.2, 0.25) is 5.15 Å². The maximum absolute atomic E-state index is 11.1. The second-order valence-corrected chi connectivity index (χ2v) is 2.92. The molecule has 0 amide bonds. The molecule has 0 N–H and O–H groups in total. The zero-order chi connectivity index (χ0) is 10.1. The normalized spacial score (nSPS) is 9.73. The van der Waals surface area contributed by atoms with Gasteiger partial charge in [0.05, 0.1) is 7.11 Å². The summed E-state index contributed by atoms with van der Waals surface area (Å²) in [5, 5.41) is 0.252. The lowest BCUT2D eigenvalue weighted by Crippen LogP contribution is -2.00. The number of esters is 1. The van der Waals surface area contributed by atoms with E-state index in [1.165, 1.54) is 19.5 Å². The number of hydrogen-bond acceptors (Lipinski definition) is 4. The second kappa shape index (κ2) is 4.59. The largest absolute Gasteiger partial charge is 0.464 e. The van der Waals surface area contributed by atoms with E-state index in [0.29, 0.717) is 5.65 Å². The minimum atomic E-state index is -0.496. The van der Waals surface area contributed by atoms with Gasteiger partial charge in [-0.15, -0.1) is 17.0 Å². The lowest BCUT2D eigenvalue weighted by atomic mass is 10.5. The van der Waals surface area contributed by atoms with Gasteiger partial charge in [0, 0.05) is 18.6 Å². The molecule has 0 atom stereocenters. The minimum Gasteiger partial charge on any atom is -0.464 e. The molecule has 0 saturated heterocycles. The number of carbonyl (C=O) groups is 1. The third-order valence-electron chi connectivity index (χ3n) is 1.73. The molecule has 0 fully saturated rings. The molecule has 0 spiro atoms. The van der Waals surface area contributed by atoms with Crippen LogP contribution in [-0.2, 0) is 4.74 Å².